The van der Waals surface area contributed by atoms with Gasteiger partial charge in [-0.2, -0.15) is 0 Å². The summed E-state index contributed by atoms with van der Waals surface area (Å²) in [6.45, 7) is 1.22. The van der Waals surface area contributed by atoms with Gasteiger partial charge in [0.15, 0.2) is 12.3 Å². The molecule has 1 aromatic heterocycles. The number of carbonyl (C=O) groups is 2. The monoisotopic (exact) mass is 300 g/mol. The first-order valence-corrected chi connectivity index (χ1v) is 7.17. The molecule has 7 heteroatoms. The van der Waals surface area contributed by atoms with Gasteiger partial charge in [-0.05, 0) is 25.0 Å². The summed E-state index contributed by atoms with van der Waals surface area (Å²) >= 11 is 0. The molecule has 1 amide bonds. The van der Waals surface area contributed by atoms with E-state index in [4.69, 9.17) is 4.74 Å². The van der Waals surface area contributed by atoms with E-state index in [0.717, 1.165) is 31.6 Å². The number of aromatic nitrogens is 3. The van der Waals surface area contributed by atoms with Gasteiger partial charge in [-0.1, -0.05) is 23.4 Å². The minimum absolute atomic E-state index is 0.0816. The maximum Gasteiger partial charge on any atom is 0.361 e. The van der Waals surface area contributed by atoms with Crippen LogP contribution in [0.2, 0.25) is 0 Å². The third kappa shape index (κ3) is 3.13. The van der Waals surface area contributed by atoms with E-state index in [1.807, 2.05) is 30.3 Å². The second-order valence-electron chi connectivity index (χ2n) is 5.05. The van der Waals surface area contributed by atoms with Gasteiger partial charge < -0.3 is 9.64 Å². The van der Waals surface area contributed by atoms with Gasteiger partial charge in [0.25, 0.3) is 5.91 Å². The van der Waals surface area contributed by atoms with E-state index >= 15 is 0 Å². The minimum atomic E-state index is -0.644. The van der Waals surface area contributed by atoms with Crippen molar-refractivity contribution in [3.63, 3.8) is 0 Å². The van der Waals surface area contributed by atoms with Crippen LogP contribution in [0.15, 0.2) is 36.5 Å². The number of rotatable bonds is 4. The molecule has 0 saturated carbocycles. The standard InChI is InChI=1S/C15H16N4O3/c20-14(18-8-4-5-9-18)11-22-15(21)13-10-19(17-16-13)12-6-2-1-3-7-12/h1-3,6-7,10H,4-5,8-9,11H2. The van der Waals surface area contributed by atoms with Crippen molar-refractivity contribution in [1.29, 1.82) is 0 Å². The maximum absolute atomic E-state index is 11.9. The van der Waals surface area contributed by atoms with Gasteiger partial charge in [-0.15, -0.1) is 5.10 Å². The van der Waals surface area contributed by atoms with E-state index in [-0.39, 0.29) is 18.2 Å². The molecule has 22 heavy (non-hydrogen) atoms. The fraction of sp³-hybridized carbons (Fsp3) is 0.333. The summed E-state index contributed by atoms with van der Waals surface area (Å²) in [5.74, 6) is -0.809. The molecule has 114 valence electrons. The Kier molecular flexibility index (Phi) is 4.13. The number of ether oxygens (including phenoxy) is 1. The van der Waals surface area contributed by atoms with Gasteiger partial charge in [-0.3, -0.25) is 4.79 Å². The molecule has 3 rings (SSSR count). The van der Waals surface area contributed by atoms with Crippen molar-refractivity contribution < 1.29 is 14.3 Å². The zero-order chi connectivity index (χ0) is 15.4. The van der Waals surface area contributed by atoms with E-state index in [1.165, 1.54) is 10.9 Å². The summed E-state index contributed by atoms with van der Waals surface area (Å²) in [6, 6.07) is 9.31. The van der Waals surface area contributed by atoms with Crippen LogP contribution in [0.5, 0.6) is 0 Å². The van der Waals surface area contributed by atoms with Crippen molar-refractivity contribution in [2.45, 2.75) is 12.8 Å². The Bertz CT molecular complexity index is 662. The topological polar surface area (TPSA) is 77.3 Å². The van der Waals surface area contributed by atoms with E-state index < -0.39 is 5.97 Å². The molecule has 0 N–H and O–H groups in total. The molecule has 1 aromatic carbocycles. The van der Waals surface area contributed by atoms with E-state index in [0.29, 0.717) is 0 Å². The van der Waals surface area contributed by atoms with Gasteiger partial charge >= 0.3 is 5.97 Å². The van der Waals surface area contributed by atoms with Gasteiger partial charge in [0, 0.05) is 13.1 Å². The van der Waals surface area contributed by atoms with Crippen LogP contribution in [-0.2, 0) is 9.53 Å². The number of amides is 1. The van der Waals surface area contributed by atoms with Crippen LogP contribution in [0.1, 0.15) is 23.3 Å². The van der Waals surface area contributed by atoms with Crippen molar-refractivity contribution in [3.8, 4) is 5.69 Å². The van der Waals surface area contributed by atoms with Crippen molar-refractivity contribution in [1.82, 2.24) is 19.9 Å². The highest BCUT2D eigenvalue weighted by molar-refractivity contribution is 5.89. The lowest BCUT2D eigenvalue weighted by Crippen LogP contribution is -2.32. The molecule has 2 aromatic rings. The Morgan fingerprint density at radius 2 is 1.86 bits per heavy atom. The molecule has 0 unspecified atom stereocenters. The number of hydrogen-bond acceptors (Lipinski definition) is 5. The lowest BCUT2D eigenvalue weighted by molar-refractivity contribution is -0.133. The Morgan fingerprint density at radius 1 is 1.14 bits per heavy atom. The molecular weight excluding hydrogens is 284 g/mol. The molecule has 0 atom stereocenters. The highest BCUT2D eigenvalue weighted by Crippen LogP contribution is 2.09. The highest BCUT2D eigenvalue weighted by atomic mass is 16.5. The van der Waals surface area contributed by atoms with Crippen molar-refractivity contribution in [2.75, 3.05) is 19.7 Å². The summed E-state index contributed by atoms with van der Waals surface area (Å²) in [6.07, 6.45) is 3.49. The van der Waals surface area contributed by atoms with Crippen molar-refractivity contribution in [3.05, 3.63) is 42.2 Å². The molecule has 1 aliphatic rings. The van der Waals surface area contributed by atoms with E-state index in [1.54, 1.807) is 4.90 Å². The summed E-state index contributed by atoms with van der Waals surface area (Å²) in [5, 5.41) is 7.66. The molecule has 0 radical (unpaired) electrons. The molecule has 0 spiro atoms. The third-order valence-electron chi connectivity index (χ3n) is 3.51. The lowest BCUT2D eigenvalue weighted by atomic mass is 10.3. The van der Waals surface area contributed by atoms with Crippen molar-refractivity contribution >= 4 is 11.9 Å². The Balaban J connectivity index is 1.59. The SMILES string of the molecule is O=C(OCC(=O)N1CCCC1)c1cn(-c2ccccc2)nn1. The number of esters is 1. The summed E-state index contributed by atoms with van der Waals surface area (Å²) < 4.78 is 6.49. The van der Waals surface area contributed by atoms with Gasteiger partial charge in [0.2, 0.25) is 0 Å². The molecule has 2 heterocycles. The predicted molar refractivity (Wildman–Crippen MR) is 77.5 cm³/mol. The van der Waals surface area contributed by atoms with Gasteiger partial charge in [0.05, 0.1) is 11.9 Å². The third-order valence-corrected chi connectivity index (χ3v) is 3.51. The molecule has 0 aliphatic carbocycles. The number of benzene rings is 1. The number of likely N-dealkylation sites (tertiary alicyclic amines) is 1. The average molecular weight is 300 g/mol. The number of hydrogen-bond donors (Lipinski definition) is 0. The average Bonchev–Trinajstić information content (AvgIpc) is 3.24. The Hall–Kier alpha value is -2.70. The van der Waals surface area contributed by atoms with E-state index in [9.17, 15) is 9.59 Å². The fourth-order valence-electron chi connectivity index (χ4n) is 2.32. The van der Waals surface area contributed by atoms with Crippen LogP contribution >= 0.6 is 0 Å². The zero-order valence-electron chi connectivity index (χ0n) is 12.0. The van der Waals surface area contributed by atoms with Crippen LogP contribution in [0.4, 0.5) is 0 Å². The van der Waals surface area contributed by atoms with Crippen LogP contribution in [0, 0.1) is 0 Å². The minimum Gasteiger partial charge on any atom is -0.451 e. The van der Waals surface area contributed by atoms with Crippen molar-refractivity contribution in [2.24, 2.45) is 0 Å². The molecule has 1 aliphatic heterocycles. The fourth-order valence-corrected chi connectivity index (χ4v) is 2.32. The maximum atomic E-state index is 11.9. The first kappa shape index (κ1) is 14.2. The van der Waals surface area contributed by atoms with Gasteiger partial charge in [0.1, 0.15) is 0 Å². The van der Waals surface area contributed by atoms with E-state index in [2.05, 4.69) is 10.3 Å². The Labute approximate surface area is 127 Å². The molecule has 0 bridgehead atoms. The molecular formula is C15H16N4O3. The first-order valence-electron chi connectivity index (χ1n) is 7.17. The highest BCUT2D eigenvalue weighted by Gasteiger charge is 2.20. The number of nitrogens with zero attached hydrogens (tertiary/aromatic N) is 4. The van der Waals surface area contributed by atoms with Crippen LogP contribution in [-0.4, -0.2) is 51.5 Å². The quantitative estimate of drug-likeness (QED) is 0.789. The van der Waals surface area contributed by atoms with Crippen LogP contribution in [0.3, 0.4) is 0 Å². The largest absolute Gasteiger partial charge is 0.451 e. The number of carbonyl (C=O) groups excluding carboxylic acids is 2. The zero-order valence-corrected chi connectivity index (χ0v) is 12.0. The van der Waals surface area contributed by atoms with Gasteiger partial charge in [-0.25, -0.2) is 9.48 Å². The second kappa shape index (κ2) is 6.38. The predicted octanol–water partition coefficient (Wildman–Crippen LogP) is 1.05. The summed E-state index contributed by atoms with van der Waals surface area (Å²) in [5.41, 5.74) is 0.875. The lowest BCUT2D eigenvalue weighted by Gasteiger charge is -2.14. The molecule has 1 saturated heterocycles. The normalized spacial score (nSPS) is 14.1. The molecule has 1 fully saturated rings. The van der Waals surface area contributed by atoms with Crippen LogP contribution in [0.25, 0.3) is 5.69 Å². The Morgan fingerprint density at radius 3 is 2.59 bits per heavy atom. The number of para-hydroxylation sites is 1. The smallest absolute Gasteiger partial charge is 0.361 e. The molecule has 7 nitrogen and oxygen atoms in total. The summed E-state index contributed by atoms with van der Waals surface area (Å²) in [4.78, 5) is 25.4. The first-order chi connectivity index (χ1) is 10.7. The summed E-state index contributed by atoms with van der Waals surface area (Å²) in [7, 11) is 0. The van der Waals surface area contributed by atoms with Crippen LogP contribution < -0.4 is 0 Å². The second-order valence-corrected chi connectivity index (χ2v) is 5.05.